The van der Waals surface area contributed by atoms with Gasteiger partial charge in [-0.25, -0.2) is 0 Å². The summed E-state index contributed by atoms with van der Waals surface area (Å²) >= 11 is 0. The number of carbonyl (C=O) groups is 2. The van der Waals surface area contributed by atoms with Gasteiger partial charge in [-0.2, -0.15) is 0 Å². The summed E-state index contributed by atoms with van der Waals surface area (Å²) in [7, 11) is 0. The lowest BCUT2D eigenvalue weighted by atomic mass is 10.2. The Kier molecular flexibility index (Phi) is 7.07. The monoisotopic (exact) mass is 368 g/mol. The second kappa shape index (κ2) is 9.71. The molecule has 8 heteroatoms. The molecule has 2 aromatic rings. The molecule has 3 N–H and O–H groups in total. The highest BCUT2D eigenvalue weighted by Gasteiger charge is 2.10. The zero-order valence-electron chi connectivity index (χ0n) is 14.8. The fraction of sp³-hybridized carbons (Fsp3) is 0.158. The Morgan fingerprint density at radius 1 is 1.04 bits per heavy atom. The van der Waals surface area contributed by atoms with Crippen LogP contribution in [-0.2, 0) is 9.59 Å². The number of benzene rings is 2. The van der Waals surface area contributed by atoms with E-state index in [0.717, 1.165) is 5.56 Å². The van der Waals surface area contributed by atoms with Crippen molar-refractivity contribution in [1.29, 1.82) is 0 Å². The van der Waals surface area contributed by atoms with Gasteiger partial charge in [0, 0.05) is 37.8 Å². The number of hydrogen-bond donors (Lipinski definition) is 3. The molecular weight excluding hydrogens is 348 g/mol. The molecule has 0 spiro atoms. The van der Waals surface area contributed by atoms with Crippen LogP contribution in [-0.4, -0.2) is 29.8 Å². The Hall–Kier alpha value is -3.68. The predicted octanol–water partition coefficient (Wildman–Crippen LogP) is 2.30. The minimum atomic E-state index is -0.466. The molecule has 2 amide bonds. The predicted molar refractivity (Wildman–Crippen MR) is 103 cm³/mol. The number of anilines is 1. The molecule has 0 saturated heterocycles. The van der Waals surface area contributed by atoms with Gasteiger partial charge in [-0.15, -0.1) is 0 Å². The van der Waals surface area contributed by atoms with Crippen LogP contribution in [0, 0.1) is 10.1 Å². The summed E-state index contributed by atoms with van der Waals surface area (Å²) in [5, 5.41) is 18.9. The largest absolute Gasteiger partial charge is 0.383 e. The van der Waals surface area contributed by atoms with Crippen LogP contribution in [0.4, 0.5) is 11.4 Å². The van der Waals surface area contributed by atoms with E-state index in [1.54, 1.807) is 18.2 Å². The maximum Gasteiger partial charge on any atom is 0.269 e. The van der Waals surface area contributed by atoms with Gasteiger partial charge in [-0.05, 0) is 23.8 Å². The quantitative estimate of drug-likeness (QED) is 0.286. The Balaban J connectivity index is 1.88. The first-order valence-corrected chi connectivity index (χ1v) is 8.26. The van der Waals surface area contributed by atoms with Gasteiger partial charge in [-0.3, -0.25) is 19.7 Å². The summed E-state index contributed by atoms with van der Waals surface area (Å²) in [6, 6.07) is 15.2. The number of amides is 2. The van der Waals surface area contributed by atoms with Crippen molar-refractivity contribution in [2.75, 3.05) is 18.4 Å². The molecule has 0 aliphatic heterocycles. The van der Waals surface area contributed by atoms with Gasteiger partial charge in [-0.1, -0.05) is 30.3 Å². The Morgan fingerprint density at radius 3 is 2.30 bits per heavy atom. The molecule has 0 fully saturated rings. The highest BCUT2D eigenvalue weighted by Crippen LogP contribution is 2.14. The smallest absolute Gasteiger partial charge is 0.269 e. The third-order valence-electron chi connectivity index (χ3n) is 3.48. The normalized spacial score (nSPS) is 10.8. The Labute approximate surface area is 156 Å². The van der Waals surface area contributed by atoms with Crippen LogP contribution >= 0.6 is 0 Å². The van der Waals surface area contributed by atoms with Crippen LogP contribution in [0.3, 0.4) is 0 Å². The molecular formula is C19H20N4O4. The number of nitro groups is 1. The number of nitrogens with zero attached hydrogens (tertiary/aromatic N) is 1. The number of non-ortho nitro benzene ring substituents is 1. The van der Waals surface area contributed by atoms with Crippen molar-refractivity contribution < 1.29 is 14.5 Å². The van der Waals surface area contributed by atoms with Gasteiger partial charge in [0.05, 0.1) is 4.92 Å². The van der Waals surface area contributed by atoms with E-state index in [0.29, 0.717) is 18.8 Å². The van der Waals surface area contributed by atoms with Crippen LogP contribution in [0.2, 0.25) is 0 Å². The third kappa shape index (κ3) is 6.62. The van der Waals surface area contributed by atoms with Gasteiger partial charge >= 0.3 is 0 Å². The molecule has 0 saturated carbocycles. The molecule has 0 aliphatic carbocycles. The highest BCUT2D eigenvalue weighted by molar-refractivity contribution is 6.00. The summed E-state index contributed by atoms with van der Waals surface area (Å²) in [5.41, 5.74) is 1.67. The summed E-state index contributed by atoms with van der Waals surface area (Å²) in [5.74, 6) is -0.740. The van der Waals surface area contributed by atoms with E-state index < -0.39 is 10.8 Å². The molecule has 2 rings (SSSR count). The highest BCUT2D eigenvalue weighted by atomic mass is 16.6. The molecule has 0 radical (unpaired) electrons. The number of nitrogens with one attached hydrogen (secondary N) is 3. The van der Waals surface area contributed by atoms with Crippen LogP contribution < -0.4 is 16.0 Å². The van der Waals surface area contributed by atoms with Crippen molar-refractivity contribution in [3.05, 3.63) is 76.0 Å². The fourth-order valence-corrected chi connectivity index (χ4v) is 2.24. The first-order chi connectivity index (χ1) is 13.0. The Morgan fingerprint density at radius 2 is 1.70 bits per heavy atom. The van der Waals surface area contributed by atoms with Gasteiger partial charge < -0.3 is 16.0 Å². The number of carbonyl (C=O) groups excluding carboxylic acids is 2. The van der Waals surface area contributed by atoms with Crippen molar-refractivity contribution >= 4 is 29.3 Å². The van der Waals surface area contributed by atoms with Crippen LogP contribution in [0.5, 0.6) is 0 Å². The van der Waals surface area contributed by atoms with Gasteiger partial charge in [0.25, 0.3) is 11.6 Å². The maximum atomic E-state index is 12.3. The maximum absolute atomic E-state index is 12.3. The number of rotatable bonds is 8. The van der Waals surface area contributed by atoms with Gasteiger partial charge in [0.2, 0.25) is 5.91 Å². The minimum absolute atomic E-state index is 0.0138. The third-order valence-corrected chi connectivity index (χ3v) is 3.48. The van der Waals surface area contributed by atoms with E-state index in [4.69, 9.17) is 0 Å². The van der Waals surface area contributed by atoms with E-state index >= 15 is 0 Å². The molecule has 140 valence electrons. The fourth-order valence-electron chi connectivity index (χ4n) is 2.24. The summed E-state index contributed by atoms with van der Waals surface area (Å²) in [4.78, 5) is 33.8. The van der Waals surface area contributed by atoms with Crippen molar-refractivity contribution in [1.82, 2.24) is 10.6 Å². The van der Waals surface area contributed by atoms with Crippen molar-refractivity contribution in [3.8, 4) is 0 Å². The molecule has 0 bridgehead atoms. The van der Waals surface area contributed by atoms with E-state index in [2.05, 4.69) is 16.0 Å². The van der Waals surface area contributed by atoms with E-state index in [9.17, 15) is 19.7 Å². The van der Waals surface area contributed by atoms with Crippen molar-refractivity contribution in [2.24, 2.45) is 0 Å². The summed E-state index contributed by atoms with van der Waals surface area (Å²) < 4.78 is 0. The topological polar surface area (TPSA) is 113 Å². The average molecular weight is 368 g/mol. The molecule has 0 heterocycles. The zero-order valence-corrected chi connectivity index (χ0v) is 14.8. The molecule has 8 nitrogen and oxygen atoms in total. The Bertz CT molecular complexity index is 833. The van der Waals surface area contributed by atoms with Gasteiger partial charge in [0.1, 0.15) is 5.70 Å². The molecule has 0 unspecified atom stereocenters. The molecule has 27 heavy (non-hydrogen) atoms. The molecule has 0 aliphatic rings. The SMILES string of the molecule is CC(=O)N/C(=C\c1ccccc1)C(=O)NCCNc1ccc([N+](=O)[O-])cc1. The number of nitro benzene ring substituents is 1. The first-order valence-electron chi connectivity index (χ1n) is 8.26. The van der Waals surface area contributed by atoms with Crippen LogP contribution in [0.15, 0.2) is 60.3 Å². The zero-order chi connectivity index (χ0) is 19.6. The van der Waals surface area contributed by atoms with Crippen molar-refractivity contribution in [3.63, 3.8) is 0 Å². The van der Waals surface area contributed by atoms with Crippen LogP contribution in [0.25, 0.3) is 6.08 Å². The first kappa shape index (κ1) is 19.6. The van der Waals surface area contributed by atoms with Gasteiger partial charge in [0.15, 0.2) is 0 Å². The van der Waals surface area contributed by atoms with E-state index in [-0.39, 0.29) is 17.3 Å². The average Bonchev–Trinajstić information content (AvgIpc) is 2.65. The molecule has 0 aromatic heterocycles. The second-order valence-corrected chi connectivity index (χ2v) is 5.64. The lowest BCUT2D eigenvalue weighted by Gasteiger charge is -2.11. The van der Waals surface area contributed by atoms with Crippen molar-refractivity contribution in [2.45, 2.75) is 6.92 Å². The lowest BCUT2D eigenvalue weighted by Crippen LogP contribution is -2.36. The molecule has 2 aromatic carbocycles. The minimum Gasteiger partial charge on any atom is -0.383 e. The lowest BCUT2D eigenvalue weighted by molar-refractivity contribution is -0.384. The summed E-state index contributed by atoms with van der Waals surface area (Å²) in [6.45, 7) is 2.06. The van der Waals surface area contributed by atoms with Crippen LogP contribution in [0.1, 0.15) is 12.5 Å². The summed E-state index contributed by atoms with van der Waals surface area (Å²) in [6.07, 6.45) is 1.60. The standard InChI is InChI=1S/C19H20N4O4/c1-14(24)22-18(13-15-5-3-2-4-6-15)19(25)21-12-11-20-16-7-9-17(10-8-16)23(26)27/h2-10,13,20H,11-12H2,1H3,(H,21,25)(H,22,24)/b18-13-. The molecule has 0 atom stereocenters. The van der Waals surface area contributed by atoms with E-state index in [1.807, 2.05) is 30.3 Å². The number of hydrogen-bond acceptors (Lipinski definition) is 5. The van der Waals surface area contributed by atoms with E-state index in [1.165, 1.54) is 19.1 Å². The second-order valence-electron chi connectivity index (χ2n) is 5.64.